The van der Waals surface area contributed by atoms with E-state index < -0.39 is 62.5 Å². The van der Waals surface area contributed by atoms with E-state index in [1.807, 2.05) is 72.8 Å². The van der Waals surface area contributed by atoms with E-state index in [2.05, 4.69) is 28.9 Å². The van der Waals surface area contributed by atoms with Gasteiger partial charge in [0.1, 0.15) is 31.1 Å². The lowest BCUT2D eigenvalue weighted by molar-refractivity contribution is -0.145. The highest BCUT2D eigenvalue weighted by molar-refractivity contribution is 7.51. The maximum atomic E-state index is 14.0. The number of alkyl carbamates (subject to hydrolysis) is 1. The lowest BCUT2D eigenvalue weighted by atomic mass is 9.84. The summed E-state index contributed by atoms with van der Waals surface area (Å²) in [4.78, 5) is 73.5. The van der Waals surface area contributed by atoms with Crippen LogP contribution in [-0.4, -0.2) is 82.7 Å². The predicted octanol–water partition coefficient (Wildman–Crippen LogP) is 3.60. The summed E-state index contributed by atoms with van der Waals surface area (Å²) in [5.41, 5.74) is 8.73. The summed E-state index contributed by atoms with van der Waals surface area (Å²) in [6.45, 7) is -0.399. The minimum atomic E-state index is -4.60. The average molecular weight is 731 g/mol. The first-order valence-corrected chi connectivity index (χ1v) is 19.2. The van der Waals surface area contributed by atoms with Crippen LogP contribution in [0.2, 0.25) is 0 Å². The number of nitrogens with one attached hydrogen (secondary N) is 2. The van der Waals surface area contributed by atoms with Crippen molar-refractivity contribution in [2.24, 2.45) is 11.7 Å². The number of rotatable bonds is 13. The first-order valence-electron chi connectivity index (χ1n) is 17.4. The summed E-state index contributed by atoms with van der Waals surface area (Å²) in [6, 6.07) is 17.9. The topological polar surface area (TPSA) is 198 Å². The zero-order valence-corrected chi connectivity index (χ0v) is 29.4. The second kappa shape index (κ2) is 16.2. The third-order valence-electron chi connectivity index (χ3n) is 9.93. The number of carbonyl (C=O) groups is 4. The Bertz CT molecular complexity index is 1930. The first kappa shape index (κ1) is 37.0. The SMILES string of the molecule is NC(=O)[C@H](Cc1ccc2ccccc2c1)NC(=O)[C@@H]1CCCCN1C(=O)[C@H](COCP(=O)(O)O)NC(=O)OCC1c2ccccc2C2C=CC=CC21. The maximum absolute atomic E-state index is 14.0. The van der Waals surface area contributed by atoms with Gasteiger partial charge < -0.3 is 40.5 Å². The molecule has 1 aliphatic heterocycles. The molecule has 274 valence electrons. The fraction of sp³-hybridized carbons (Fsp3) is 0.368. The fourth-order valence-corrected chi connectivity index (χ4v) is 7.80. The molecule has 13 nitrogen and oxygen atoms in total. The van der Waals surface area contributed by atoms with Gasteiger partial charge in [0.15, 0.2) is 0 Å². The van der Waals surface area contributed by atoms with Gasteiger partial charge in [-0.1, -0.05) is 91.0 Å². The molecule has 3 aliphatic rings. The summed E-state index contributed by atoms with van der Waals surface area (Å²) in [5, 5.41) is 7.24. The van der Waals surface area contributed by atoms with E-state index in [0.29, 0.717) is 12.8 Å². The Morgan fingerprint density at radius 1 is 0.904 bits per heavy atom. The molecule has 3 aromatic carbocycles. The number of hydrogen-bond donors (Lipinski definition) is 5. The van der Waals surface area contributed by atoms with Gasteiger partial charge in [0.2, 0.25) is 17.7 Å². The minimum Gasteiger partial charge on any atom is -0.449 e. The van der Waals surface area contributed by atoms with Crippen LogP contribution in [0.5, 0.6) is 0 Å². The number of fused-ring (bicyclic) bond motifs is 4. The quantitative estimate of drug-likeness (QED) is 0.163. The van der Waals surface area contributed by atoms with Crippen LogP contribution < -0.4 is 16.4 Å². The van der Waals surface area contributed by atoms with E-state index in [1.54, 1.807) is 0 Å². The van der Waals surface area contributed by atoms with E-state index >= 15 is 0 Å². The molecule has 1 heterocycles. The Labute approximate surface area is 301 Å². The predicted molar refractivity (Wildman–Crippen MR) is 193 cm³/mol. The Kier molecular flexibility index (Phi) is 11.6. The zero-order valence-electron chi connectivity index (χ0n) is 28.5. The molecule has 6 N–H and O–H groups in total. The molecule has 2 aliphatic carbocycles. The van der Waals surface area contributed by atoms with Crippen molar-refractivity contribution in [3.63, 3.8) is 0 Å². The Balaban J connectivity index is 1.14. The van der Waals surface area contributed by atoms with Gasteiger partial charge in [-0.3, -0.25) is 18.9 Å². The van der Waals surface area contributed by atoms with Gasteiger partial charge in [-0.15, -0.1) is 0 Å². The molecule has 6 atom stereocenters. The number of piperidine rings is 1. The summed E-state index contributed by atoms with van der Waals surface area (Å²) < 4.78 is 22.4. The van der Waals surface area contributed by atoms with Gasteiger partial charge in [0.25, 0.3) is 0 Å². The Morgan fingerprint density at radius 2 is 1.63 bits per heavy atom. The molecule has 3 aromatic rings. The van der Waals surface area contributed by atoms with Gasteiger partial charge in [-0.2, -0.15) is 0 Å². The number of ether oxygens (including phenoxy) is 2. The molecule has 0 radical (unpaired) electrons. The number of amides is 4. The van der Waals surface area contributed by atoms with Crippen LogP contribution in [0.15, 0.2) is 91.0 Å². The van der Waals surface area contributed by atoms with E-state index in [4.69, 9.17) is 15.2 Å². The molecule has 6 rings (SSSR count). The number of carbonyl (C=O) groups excluding carboxylic acids is 4. The van der Waals surface area contributed by atoms with E-state index in [-0.39, 0.29) is 43.7 Å². The smallest absolute Gasteiger partial charge is 0.407 e. The third-order valence-corrected chi connectivity index (χ3v) is 10.4. The summed E-state index contributed by atoms with van der Waals surface area (Å²) >= 11 is 0. The number of nitrogens with two attached hydrogens (primary N) is 1. The van der Waals surface area contributed by atoms with Crippen LogP contribution in [0.1, 0.15) is 47.8 Å². The highest BCUT2D eigenvalue weighted by Gasteiger charge is 2.40. The molecule has 0 spiro atoms. The minimum absolute atomic E-state index is 0.0207. The van der Waals surface area contributed by atoms with Crippen molar-refractivity contribution in [1.29, 1.82) is 0 Å². The van der Waals surface area contributed by atoms with E-state index in [0.717, 1.165) is 27.5 Å². The molecule has 4 amide bonds. The highest BCUT2D eigenvalue weighted by atomic mass is 31.2. The van der Waals surface area contributed by atoms with E-state index in [1.165, 1.54) is 4.90 Å². The molecule has 52 heavy (non-hydrogen) atoms. The normalized spacial score (nSPS) is 21.8. The second-order valence-corrected chi connectivity index (χ2v) is 15.0. The third kappa shape index (κ3) is 8.79. The van der Waals surface area contributed by atoms with Gasteiger partial charge in [-0.05, 0) is 52.6 Å². The van der Waals surface area contributed by atoms with Crippen molar-refractivity contribution >= 4 is 42.2 Å². The van der Waals surface area contributed by atoms with Crippen LogP contribution in [0.3, 0.4) is 0 Å². The number of likely N-dealkylation sites (tertiary alicyclic amines) is 1. The van der Waals surface area contributed by atoms with Crippen molar-refractivity contribution in [2.45, 2.75) is 55.6 Å². The van der Waals surface area contributed by atoms with Crippen LogP contribution in [0, 0.1) is 5.92 Å². The second-order valence-electron chi connectivity index (χ2n) is 13.5. The molecule has 1 saturated heterocycles. The molecule has 0 bridgehead atoms. The molecule has 1 fully saturated rings. The van der Waals surface area contributed by atoms with Crippen LogP contribution in [0.25, 0.3) is 10.8 Å². The fourth-order valence-electron chi connectivity index (χ4n) is 7.45. The molecular weight excluding hydrogens is 687 g/mol. The summed E-state index contributed by atoms with van der Waals surface area (Å²) in [6.07, 6.45) is 7.88. The molecule has 0 saturated carbocycles. The van der Waals surface area contributed by atoms with E-state index in [9.17, 15) is 33.5 Å². The van der Waals surface area contributed by atoms with Crippen molar-refractivity contribution < 1.29 is 43.0 Å². The Hall–Kier alpha value is -4.81. The van der Waals surface area contributed by atoms with Crippen molar-refractivity contribution in [1.82, 2.24) is 15.5 Å². The highest BCUT2D eigenvalue weighted by Crippen LogP contribution is 2.49. The van der Waals surface area contributed by atoms with Gasteiger partial charge in [0.05, 0.1) is 6.61 Å². The largest absolute Gasteiger partial charge is 0.449 e. The molecular formula is C38H43N4O9P. The van der Waals surface area contributed by atoms with Crippen molar-refractivity contribution in [3.05, 3.63) is 108 Å². The first-order chi connectivity index (χ1) is 25.0. The summed E-state index contributed by atoms with van der Waals surface area (Å²) in [7, 11) is -4.60. The van der Waals surface area contributed by atoms with Gasteiger partial charge >= 0.3 is 13.7 Å². The number of hydrogen-bond acceptors (Lipinski definition) is 7. The lowest BCUT2D eigenvalue weighted by Crippen LogP contribution is -2.60. The lowest BCUT2D eigenvalue weighted by Gasteiger charge is -2.37. The zero-order chi connectivity index (χ0) is 36.8. The number of primary amides is 1. The number of allylic oxidation sites excluding steroid dienone is 4. The average Bonchev–Trinajstić information content (AvgIpc) is 3.45. The molecule has 3 unspecified atom stereocenters. The monoisotopic (exact) mass is 730 g/mol. The molecule has 0 aromatic heterocycles. The molecule has 14 heteroatoms. The van der Waals surface area contributed by atoms with Crippen LogP contribution >= 0.6 is 7.60 Å². The van der Waals surface area contributed by atoms with Gasteiger partial charge in [0, 0.05) is 24.8 Å². The standard InChI is InChI=1S/C38H43N4O9P/c39-35(43)32(20-24-16-17-25-9-1-2-10-26(25)19-24)40-36(44)34-15-7-8-18-42(34)37(45)33(22-50-23-52(47,48)49)41-38(46)51-21-31-29-13-5-3-11-27(29)28-12-4-6-14-30(28)31/h1-6,9-14,16-17,19,27,29,31-34H,7-8,15,18,20-23H2,(H2,39,43)(H,40,44)(H,41,46)(H2,47,48,49)/t27?,29?,31?,32-,33-,34-/m0/s1. The van der Waals surface area contributed by atoms with Crippen LogP contribution in [-0.2, 0) is 34.8 Å². The van der Waals surface area contributed by atoms with Crippen LogP contribution in [0.4, 0.5) is 4.79 Å². The van der Waals surface area contributed by atoms with Crippen molar-refractivity contribution in [2.75, 3.05) is 26.1 Å². The number of nitrogens with zero attached hydrogens (tertiary/aromatic N) is 1. The van der Waals surface area contributed by atoms with Crippen molar-refractivity contribution in [3.8, 4) is 0 Å². The maximum Gasteiger partial charge on any atom is 0.407 e. The summed E-state index contributed by atoms with van der Waals surface area (Å²) in [5.74, 6) is -1.91. The number of benzene rings is 3. The van der Waals surface area contributed by atoms with Gasteiger partial charge in [-0.25, -0.2) is 4.79 Å². The Morgan fingerprint density at radius 3 is 2.40 bits per heavy atom.